The van der Waals surface area contributed by atoms with Crippen LogP contribution in [0.5, 0.6) is 23.0 Å². The fourth-order valence-corrected chi connectivity index (χ4v) is 3.82. The van der Waals surface area contributed by atoms with Gasteiger partial charge in [0.2, 0.25) is 5.91 Å². The number of methoxy groups -OCH3 is 3. The summed E-state index contributed by atoms with van der Waals surface area (Å²) < 4.78 is 22.6. The molecule has 0 unspecified atom stereocenters. The van der Waals surface area contributed by atoms with Gasteiger partial charge in [-0.15, -0.1) is 0 Å². The van der Waals surface area contributed by atoms with Gasteiger partial charge in [-0.3, -0.25) is 4.79 Å². The number of carbonyl (C=O) groups is 1. The summed E-state index contributed by atoms with van der Waals surface area (Å²) in [4.78, 5) is 12.5. The summed E-state index contributed by atoms with van der Waals surface area (Å²) in [5.74, 6) is 1.63. The van der Waals surface area contributed by atoms with Gasteiger partial charge in [-0.25, -0.2) is 0 Å². The van der Waals surface area contributed by atoms with E-state index < -0.39 is 0 Å². The van der Waals surface area contributed by atoms with Crippen molar-refractivity contribution in [3.63, 3.8) is 0 Å². The molecule has 0 radical (unpaired) electrons. The van der Waals surface area contributed by atoms with Crippen LogP contribution >= 0.6 is 27.5 Å². The van der Waals surface area contributed by atoms with Crippen LogP contribution in [0.3, 0.4) is 0 Å². The van der Waals surface area contributed by atoms with Gasteiger partial charge in [0.1, 0.15) is 18.1 Å². The highest BCUT2D eigenvalue weighted by atomic mass is 79.9. The normalized spacial score (nSPS) is 10.7. The Morgan fingerprint density at radius 2 is 1.67 bits per heavy atom. The van der Waals surface area contributed by atoms with Crippen LogP contribution in [0.4, 0.5) is 5.69 Å². The van der Waals surface area contributed by atoms with Crippen molar-refractivity contribution in [2.45, 2.75) is 6.61 Å². The molecule has 0 heterocycles. The minimum Gasteiger partial charge on any atom is -0.495 e. The van der Waals surface area contributed by atoms with Gasteiger partial charge in [-0.2, -0.15) is 0 Å². The van der Waals surface area contributed by atoms with Crippen molar-refractivity contribution in [2.75, 3.05) is 26.6 Å². The number of halogens is 2. The molecule has 3 rings (SSSR count). The Hall–Kier alpha value is -3.16. The monoisotopic (exact) mass is 531 g/mol. The lowest BCUT2D eigenvalue weighted by molar-refractivity contribution is -0.111. The summed E-state index contributed by atoms with van der Waals surface area (Å²) in [6.45, 7) is 0.403. The summed E-state index contributed by atoms with van der Waals surface area (Å²) in [5, 5.41) is 3.15. The van der Waals surface area contributed by atoms with E-state index in [0.717, 1.165) is 11.1 Å². The van der Waals surface area contributed by atoms with E-state index in [9.17, 15) is 4.79 Å². The first-order valence-electron chi connectivity index (χ1n) is 9.90. The van der Waals surface area contributed by atoms with Crippen molar-refractivity contribution in [1.29, 1.82) is 0 Å². The molecule has 1 N–H and O–H groups in total. The summed E-state index contributed by atoms with van der Waals surface area (Å²) in [7, 11) is 4.56. The third kappa shape index (κ3) is 6.43. The average Bonchev–Trinajstić information content (AvgIpc) is 2.83. The zero-order valence-corrected chi connectivity index (χ0v) is 20.7. The van der Waals surface area contributed by atoms with Crippen LogP contribution < -0.4 is 24.3 Å². The van der Waals surface area contributed by atoms with Gasteiger partial charge in [0, 0.05) is 18.2 Å². The molecule has 0 fully saturated rings. The maximum absolute atomic E-state index is 12.5. The number of hydrogen-bond acceptors (Lipinski definition) is 5. The fraction of sp³-hybridized carbons (Fsp3) is 0.160. The van der Waals surface area contributed by atoms with Crippen LogP contribution in [0.15, 0.2) is 65.1 Å². The molecule has 1 amide bonds. The van der Waals surface area contributed by atoms with Gasteiger partial charge in [0.05, 0.1) is 36.5 Å². The van der Waals surface area contributed by atoms with Gasteiger partial charge in [-0.1, -0.05) is 41.9 Å². The predicted octanol–water partition coefficient (Wildman–Crippen LogP) is 6.36. The van der Waals surface area contributed by atoms with E-state index in [-0.39, 0.29) is 5.91 Å². The smallest absolute Gasteiger partial charge is 0.248 e. The van der Waals surface area contributed by atoms with Crippen LogP contribution in [-0.2, 0) is 11.4 Å². The van der Waals surface area contributed by atoms with Gasteiger partial charge in [0.25, 0.3) is 0 Å². The average molecular weight is 533 g/mol. The van der Waals surface area contributed by atoms with Crippen molar-refractivity contribution >= 4 is 45.2 Å². The molecule has 0 aliphatic rings. The van der Waals surface area contributed by atoms with Gasteiger partial charge < -0.3 is 24.3 Å². The summed E-state index contributed by atoms with van der Waals surface area (Å²) >= 11 is 9.65. The Bertz CT molecular complexity index is 1150. The molecule has 0 aliphatic heterocycles. The van der Waals surface area contributed by atoms with Crippen LogP contribution in [0, 0.1) is 0 Å². The Kier molecular flexibility index (Phi) is 8.63. The molecule has 6 nitrogen and oxygen atoms in total. The zero-order valence-electron chi connectivity index (χ0n) is 18.4. The summed E-state index contributed by atoms with van der Waals surface area (Å²) in [5.41, 5.74) is 2.24. The predicted molar refractivity (Wildman–Crippen MR) is 134 cm³/mol. The van der Waals surface area contributed by atoms with Crippen LogP contribution in [-0.4, -0.2) is 27.2 Å². The van der Waals surface area contributed by atoms with Crippen molar-refractivity contribution < 1.29 is 23.7 Å². The molecule has 3 aromatic carbocycles. The zero-order chi connectivity index (χ0) is 23.8. The molecular formula is C25H23BrClNO5. The van der Waals surface area contributed by atoms with E-state index in [4.69, 9.17) is 30.5 Å². The Morgan fingerprint density at radius 1 is 0.970 bits per heavy atom. The highest BCUT2D eigenvalue weighted by Crippen LogP contribution is 2.38. The lowest BCUT2D eigenvalue weighted by Gasteiger charge is -2.14. The topological polar surface area (TPSA) is 66.0 Å². The van der Waals surface area contributed by atoms with Gasteiger partial charge >= 0.3 is 0 Å². The SMILES string of the molecule is COc1cc(NC(=O)/C=C/c2cc(Br)c(OCc3ccccc3)c(OC)c2)c(OC)cc1Cl. The number of hydrogen-bond donors (Lipinski definition) is 1. The molecule has 0 saturated heterocycles. The maximum atomic E-state index is 12.5. The number of anilines is 1. The van der Waals surface area contributed by atoms with Crippen molar-refractivity contribution in [1.82, 2.24) is 0 Å². The molecule has 0 bridgehead atoms. The highest BCUT2D eigenvalue weighted by molar-refractivity contribution is 9.10. The molecule has 3 aromatic rings. The molecule has 0 aromatic heterocycles. The number of rotatable bonds is 9. The number of nitrogens with one attached hydrogen (secondary N) is 1. The van der Waals surface area contributed by atoms with Crippen LogP contribution in [0.2, 0.25) is 5.02 Å². The first-order valence-corrected chi connectivity index (χ1v) is 11.1. The number of ether oxygens (including phenoxy) is 4. The minimum atomic E-state index is -0.350. The molecular weight excluding hydrogens is 510 g/mol. The van der Waals surface area contributed by atoms with Crippen LogP contribution in [0.25, 0.3) is 6.08 Å². The number of benzene rings is 3. The van der Waals surface area contributed by atoms with E-state index >= 15 is 0 Å². The largest absolute Gasteiger partial charge is 0.495 e. The Labute approximate surface area is 206 Å². The molecule has 8 heteroatoms. The molecule has 0 spiro atoms. The molecule has 172 valence electrons. The quantitative estimate of drug-likeness (QED) is 0.325. The molecule has 0 saturated carbocycles. The Morgan fingerprint density at radius 3 is 2.33 bits per heavy atom. The minimum absolute atomic E-state index is 0.350. The second kappa shape index (κ2) is 11.6. The lowest BCUT2D eigenvalue weighted by Crippen LogP contribution is -2.09. The first kappa shape index (κ1) is 24.5. The van der Waals surface area contributed by atoms with E-state index in [1.54, 1.807) is 31.4 Å². The van der Waals surface area contributed by atoms with Crippen molar-refractivity contribution in [3.05, 3.63) is 81.3 Å². The summed E-state index contributed by atoms with van der Waals surface area (Å²) in [6, 6.07) is 16.7. The molecule has 0 atom stereocenters. The summed E-state index contributed by atoms with van der Waals surface area (Å²) in [6.07, 6.45) is 3.08. The van der Waals surface area contributed by atoms with Crippen molar-refractivity contribution in [2.24, 2.45) is 0 Å². The van der Waals surface area contributed by atoms with E-state index in [0.29, 0.717) is 44.8 Å². The Balaban J connectivity index is 1.74. The maximum Gasteiger partial charge on any atom is 0.248 e. The third-order valence-electron chi connectivity index (χ3n) is 4.64. The molecule has 33 heavy (non-hydrogen) atoms. The van der Waals surface area contributed by atoms with E-state index in [1.807, 2.05) is 36.4 Å². The van der Waals surface area contributed by atoms with E-state index in [2.05, 4.69) is 21.2 Å². The fourth-order valence-electron chi connectivity index (χ4n) is 3.01. The highest BCUT2D eigenvalue weighted by Gasteiger charge is 2.13. The second-order valence-electron chi connectivity index (χ2n) is 6.82. The van der Waals surface area contributed by atoms with Crippen molar-refractivity contribution in [3.8, 4) is 23.0 Å². The van der Waals surface area contributed by atoms with E-state index in [1.165, 1.54) is 20.3 Å². The number of amides is 1. The third-order valence-corrected chi connectivity index (χ3v) is 5.52. The van der Waals surface area contributed by atoms with Gasteiger partial charge in [-0.05, 0) is 45.3 Å². The molecule has 0 aliphatic carbocycles. The lowest BCUT2D eigenvalue weighted by atomic mass is 10.1. The van der Waals surface area contributed by atoms with Crippen LogP contribution in [0.1, 0.15) is 11.1 Å². The van der Waals surface area contributed by atoms with Gasteiger partial charge in [0.15, 0.2) is 11.5 Å². The first-order chi connectivity index (χ1) is 15.9. The number of carbonyl (C=O) groups excluding carboxylic acids is 1. The second-order valence-corrected chi connectivity index (χ2v) is 8.08. The standard InChI is InChI=1S/C25H23BrClNO5/c1-30-21-14-20(22(31-2)13-19(21)27)28-24(29)10-9-17-11-18(26)25(23(12-17)32-3)33-15-16-7-5-4-6-8-16/h4-14H,15H2,1-3H3,(H,28,29)/b10-9+.